The number of carbonyl (C=O) groups is 1. The van der Waals surface area contributed by atoms with Gasteiger partial charge in [0.05, 0.1) is 12.7 Å². The molecule has 18 heavy (non-hydrogen) atoms. The van der Waals surface area contributed by atoms with Crippen molar-refractivity contribution < 1.29 is 14.6 Å². The molecule has 1 N–H and O–H groups in total. The summed E-state index contributed by atoms with van der Waals surface area (Å²) in [7, 11) is 0. The predicted octanol–water partition coefficient (Wildman–Crippen LogP) is 2.86. The van der Waals surface area contributed by atoms with Crippen molar-refractivity contribution in [2.24, 2.45) is 23.7 Å². The highest BCUT2D eigenvalue weighted by molar-refractivity contribution is 5.85. The van der Waals surface area contributed by atoms with Gasteiger partial charge in [0.25, 0.3) is 0 Å². The zero-order valence-electron chi connectivity index (χ0n) is 10.8. The number of aliphatic carboxylic acids is 1. The van der Waals surface area contributed by atoms with Gasteiger partial charge in [0.15, 0.2) is 0 Å². The van der Waals surface area contributed by atoms with Crippen LogP contribution in [0.4, 0.5) is 0 Å². The number of carboxylic acids is 1. The molecule has 0 radical (unpaired) electrons. The van der Waals surface area contributed by atoms with Crippen molar-refractivity contribution in [3.63, 3.8) is 0 Å². The summed E-state index contributed by atoms with van der Waals surface area (Å²) >= 11 is 0. The van der Waals surface area contributed by atoms with Crippen molar-refractivity contribution in [2.45, 2.75) is 44.6 Å². The standard InChI is InChI=1S/C15H22O3/c1-9(15(16)17)2-3-18-14-12-5-10-4-11(7-12)8-13(14)6-10/h10-14H,1-8H2,(H,16,17). The molecule has 100 valence electrons. The maximum Gasteiger partial charge on any atom is 0.331 e. The maximum atomic E-state index is 10.7. The zero-order chi connectivity index (χ0) is 12.7. The fraction of sp³-hybridized carbons (Fsp3) is 0.800. The Bertz CT molecular complexity index is 333. The molecule has 0 aromatic rings. The van der Waals surface area contributed by atoms with E-state index in [1.165, 1.54) is 32.1 Å². The molecule has 3 heteroatoms. The van der Waals surface area contributed by atoms with Gasteiger partial charge >= 0.3 is 5.97 Å². The van der Waals surface area contributed by atoms with Crippen molar-refractivity contribution in [3.8, 4) is 0 Å². The van der Waals surface area contributed by atoms with E-state index in [9.17, 15) is 4.79 Å². The fourth-order valence-electron chi connectivity index (χ4n) is 4.57. The lowest BCUT2D eigenvalue weighted by atomic mass is 9.55. The van der Waals surface area contributed by atoms with Crippen LogP contribution in [0.5, 0.6) is 0 Å². The van der Waals surface area contributed by atoms with Gasteiger partial charge in [0.1, 0.15) is 0 Å². The molecule has 0 spiro atoms. The predicted molar refractivity (Wildman–Crippen MR) is 68.2 cm³/mol. The lowest BCUT2D eigenvalue weighted by Crippen LogP contribution is -2.49. The Balaban J connectivity index is 1.51. The molecular weight excluding hydrogens is 228 g/mol. The molecule has 0 saturated heterocycles. The molecule has 0 heterocycles. The Morgan fingerprint density at radius 3 is 2.17 bits per heavy atom. The van der Waals surface area contributed by atoms with E-state index in [4.69, 9.17) is 9.84 Å². The highest BCUT2D eigenvalue weighted by atomic mass is 16.5. The molecule has 4 bridgehead atoms. The van der Waals surface area contributed by atoms with Crippen LogP contribution >= 0.6 is 0 Å². The zero-order valence-corrected chi connectivity index (χ0v) is 10.8. The van der Waals surface area contributed by atoms with Gasteiger partial charge in [-0.15, -0.1) is 0 Å². The Labute approximate surface area is 108 Å². The summed E-state index contributed by atoms with van der Waals surface area (Å²) in [5.41, 5.74) is 0.263. The first kappa shape index (κ1) is 12.2. The third-order valence-electron chi connectivity index (χ3n) is 5.16. The van der Waals surface area contributed by atoms with Gasteiger partial charge in [-0.2, -0.15) is 0 Å². The molecule has 0 aromatic carbocycles. The lowest BCUT2D eigenvalue weighted by Gasteiger charge is -2.54. The molecular formula is C15H22O3. The molecule has 4 rings (SSSR count). The Morgan fingerprint density at radius 1 is 1.11 bits per heavy atom. The Kier molecular flexibility index (Phi) is 3.18. The minimum Gasteiger partial charge on any atom is -0.478 e. The smallest absolute Gasteiger partial charge is 0.331 e. The number of hydrogen-bond acceptors (Lipinski definition) is 2. The highest BCUT2D eigenvalue weighted by Gasteiger charge is 2.48. The van der Waals surface area contributed by atoms with Crippen LogP contribution in [0.2, 0.25) is 0 Å². The molecule has 0 aliphatic heterocycles. The third-order valence-corrected chi connectivity index (χ3v) is 5.16. The quantitative estimate of drug-likeness (QED) is 0.763. The number of rotatable bonds is 5. The molecule has 0 aromatic heterocycles. The van der Waals surface area contributed by atoms with Crippen LogP contribution < -0.4 is 0 Å². The van der Waals surface area contributed by atoms with Gasteiger partial charge in [-0.3, -0.25) is 0 Å². The summed E-state index contributed by atoms with van der Waals surface area (Å²) in [5.74, 6) is 2.52. The topological polar surface area (TPSA) is 46.5 Å². The molecule has 0 unspecified atom stereocenters. The van der Waals surface area contributed by atoms with E-state index in [1.54, 1.807) is 0 Å². The van der Waals surface area contributed by atoms with Crippen LogP contribution in [0.3, 0.4) is 0 Å². The van der Waals surface area contributed by atoms with E-state index in [0.29, 0.717) is 19.1 Å². The van der Waals surface area contributed by atoms with Crippen LogP contribution in [-0.2, 0) is 9.53 Å². The largest absolute Gasteiger partial charge is 0.478 e. The molecule has 4 fully saturated rings. The van der Waals surface area contributed by atoms with Crippen molar-refractivity contribution in [2.75, 3.05) is 6.61 Å². The Morgan fingerprint density at radius 2 is 1.67 bits per heavy atom. The third kappa shape index (κ3) is 2.20. The van der Waals surface area contributed by atoms with Crippen LogP contribution in [0.15, 0.2) is 12.2 Å². The first-order chi connectivity index (χ1) is 8.63. The van der Waals surface area contributed by atoms with Crippen LogP contribution in [-0.4, -0.2) is 23.8 Å². The van der Waals surface area contributed by atoms with Crippen molar-refractivity contribution in [3.05, 3.63) is 12.2 Å². The number of ether oxygens (including phenoxy) is 1. The summed E-state index contributed by atoms with van der Waals surface area (Å²) in [6.45, 7) is 4.07. The minimum atomic E-state index is -0.899. The molecule has 4 saturated carbocycles. The van der Waals surface area contributed by atoms with Crippen molar-refractivity contribution in [1.29, 1.82) is 0 Å². The monoisotopic (exact) mass is 250 g/mol. The summed E-state index contributed by atoms with van der Waals surface area (Å²) in [6.07, 6.45) is 7.69. The summed E-state index contributed by atoms with van der Waals surface area (Å²) in [4.78, 5) is 10.7. The van der Waals surface area contributed by atoms with E-state index in [-0.39, 0.29) is 5.57 Å². The SMILES string of the molecule is C=C(CCOC1C2CC3CC(C2)CC1C3)C(=O)O. The van der Waals surface area contributed by atoms with Gasteiger partial charge in [-0.25, -0.2) is 4.79 Å². The summed E-state index contributed by atoms with van der Waals surface area (Å²) in [6, 6.07) is 0. The lowest BCUT2D eigenvalue weighted by molar-refractivity contribution is -0.134. The fourth-order valence-corrected chi connectivity index (χ4v) is 4.57. The van der Waals surface area contributed by atoms with Gasteiger partial charge < -0.3 is 9.84 Å². The Hall–Kier alpha value is -0.830. The van der Waals surface area contributed by atoms with E-state index in [1.807, 2.05) is 0 Å². The minimum absolute atomic E-state index is 0.263. The van der Waals surface area contributed by atoms with Crippen molar-refractivity contribution >= 4 is 5.97 Å². The van der Waals surface area contributed by atoms with Crippen LogP contribution in [0.1, 0.15) is 38.5 Å². The highest BCUT2D eigenvalue weighted by Crippen LogP contribution is 2.54. The van der Waals surface area contributed by atoms with Gasteiger partial charge in [0, 0.05) is 12.0 Å². The summed E-state index contributed by atoms with van der Waals surface area (Å²) in [5, 5.41) is 8.77. The average molecular weight is 250 g/mol. The van der Waals surface area contributed by atoms with E-state index >= 15 is 0 Å². The van der Waals surface area contributed by atoms with Gasteiger partial charge in [-0.05, 0) is 55.8 Å². The van der Waals surface area contributed by atoms with Gasteiger partial charge in [-0.1, -0.05) is 6.58 Å². The number of carboxylic acid groups (broad SMARTS) is 1. The van der Waals surface area contributed by atoms with E-state index < -0.39 is 5.97 Å². The molecule has 4 aliphatic carbocycles. The second-order valence-corrected chi connectivity index (χ2v) is 6.42. The van der Waals surface area contributed by atoms with Crippen molar-refractivity contribution in [1.82, 2.24) is 0 Å². The van der Waals surface area contributed by atoms with Crippen LogP contribution in [0, 0.1) is 23.7 Å². The first-order valence-electron chi connectivity index (χ1n) is 7.16. The molecule has 0 atom stereocenters. The van der Waals surface area contributed by atoms with E-state index in [2.05, 4.69) is 6.58 Å². The number of hydrogen-bond donors (Lipinski definition) is 1. The second-order valence-electron chi connectivity index (χ2n) is 6.42. The van der Waals surface area contributed by atoms with E-state index in [0.717, 1.165) is 23.7 Å². The summed E-state index contributed by atoms with van der Waals surface area (Å²) < 4.78 is 6.02. The molecule has 3 nitrogen and oxygen atoms in total. The van der Waals surface area contributed by atoms with Gasteiger partial charge in [0.2, 0.25) is 0 Å². The second kappa shape index (κ2) is 4.69. The average Bonchev–Trinajstić information content (AvgIpc) is 2.31. The normalized spacial score (nSPS) is 41.0. The maximum absolute atomic E-state index is 10.7. The first-order valence-corrected chi connectivity index (χ1v) is 7.16. The van der Waals surface area contributed by atoms with Crippen LogP contribution in [0.25, 0.3) is 0 Å². The molecule has 4 aliphatic rings. The molecule has 0 amide bonds.